The minimum atomic E-state index is -5.28. The van der Waals surface area contributed by atoms with Gasteiger partial charge in [0.05, 0.1) is 0 Å². The average molecular weight is 239 g/mol. The molecule has 14 heavy (non-hydrogen) atoms. The number of aliphatic imine (C=N–C) groups is 1. The number of azo groups is 1. The van der Waals surface area contributed by atoms with Crippen molar-refractivity contribution < 1.29 is 24.6 Å². The summed E-state index contributed by atoms with van der Waals surface area (Å²) in [5, 5.41) is 3.89. The van der Waals surface area contributed by atoms with Crippen LogP contribution in [0.4, 0.5) is 7.77 Å². The van der Waals surface area contributed by atoms with E-state index in [1.54, 1.807) is 0 Å². The Balaban J connectivity index is 3.31. The van der Waals surface area contributed by atoms with Crippen LogP contribution >= 0.6 is 0 Å². The molecule has 0 radical (unpaired) electrons. The third kappa shape index (κ3) is 2.00. The van der Waals surface area contributed by atoms with Gasteiger partial charge in [-0.25, -0.2) is 0 Å². The molecule has 1 unspecified atom stereocenters. The van der Waals surface area contributed by atoms with Crippen LogP contribution in [-0.4, -0.2) is 43.4 Å². The molecule has 0 aromatic rings. The first kappa shape index (κ1) is 11.7. The molecule has 7 nitrogen and oxygen atoms in total. The second-order valence-corrected chi connectivity index (χ2v) is 5.29. The second-order valence-electron chi connectivity index (χ2n) is 2.40. The Morgan fingerprint density at radius 3 is 1.93 bits per heavy atom. The van der Waals surface area contributed by atoms with E-state index < -0.39 is 29.3 Å². The molecule has 0 amide bonds. The van der Waals surface area contributed by atoms with Crippen molar-refractivity contribution in [2.45, 2.75) is 3.67 Å². The van der Waals surface area contributed by atoms with Crippen LogP contribution in [0.5, 0.6) is 0 Å². The van der Waals surface area contributed by atoms with Gasteiger partial charge in [0.2, 0.25) is 0 Å². The fraction of sp³-hybridized carbons (Fsp3) is 0.500. The Kier molecular flexibility index (Phi) is 2.56. The molecule has 0 aliphatic carbocycles. The molecule has 1 aliphatic rings. The summed E-state index contributed by atoms with van der Waals surface area (Å²) in [6.45, 7) is 0. The summed E-state index contributed by atoms with van der Waals surface area (Å²) < 4.78 is 63.0. The first-order chi connectivity index (χ1) is 6.06. The zero-order valence-corrected chi connectivity index (χ0v) is 8.18. The van der Waals surface area contributed by atoms with E-state index in [1.807, 2.05) is 0 Å². The third-order valence-electron chi connectivity index (χ3n) is 1.30. The van der Waals surface area contributed by atoms with Gasteiger partial charge in [0.25, 0.3) is 0 Å². The summed E-state index contributed by atoms with van der Waals surface area (Å²) in [7, 11) is -10.5. The van der Waals surface area contributed by atoms with E-state index in [9.17, 15) is 24.6 Å². The predicted octanol–water partition coefficient (Wildman–Crippen LogP) is -0.813. The van der Waals surface area contributed by atoms with Gasteiger partial charge < -0.3 is 0 Å². The van der Waals surface area contributed by atoms with Crippen molar-refractivity contribution in [2.75, 3.05) is 0 Å². The standard InChI is InChI=1S/C2F2N3O4S2.Li/c3-12(8,9)1-5-2(7-6-1)13(4,10)11;. The van der Waals surface area contributed by atoms with Crippen LogP contribution in [0.2, 0.25) is 0 Å². The summed E-state index contributed by atoms with van der Waals surface area (Å²) in [6.07, 6.45) is 0. The molecule has 0 aromatic carbocycles. The molecule has 0 fully saturated rings. The molecule has 1 rings (SSSR count). The predicted molar refractivity (Wildman–Crippen MR) is 40.8 cm³/mol. The van der Waals surface area contributed by atoms with Crippen LogP contribution in [0.3, 0.4) is 0 Å². The minimum absolute atomic E-state index is 0.643. The van der Waals surface area contributed by atoms with E-state index in [4.69, 9.17) is 0 Å². The van der Waals surface area contributed by atoms with Gasteiger partial charge in [0, 0.05) is 0 Å². The summed E-state index contributed by atoms with van der Waals surface area (Å²) in [4.78, 5) is 2.72. The zero-order valence-electron chi connectivity index (χ0n) is 6.55. The van der Waals surface area contributed by atoms with Gasteiger partial charge in [-0.05, 0) is 0 Å². The molecular weight excluding hydrogens is 239 g/mol. The number of nitrogens with zero attached hydrogens (tertiary/aromatic N) is 3. The second kappa shape index (κ2) is 3.06. The van der Waals surface area contributed by atoms with Gasteiger partial charge in [0.1, 0.15) is 0 Å². The van der Waals surface area contributed by atoms with Crippen LogP contribution < -0.4 is 0 Å². The molecule has 0 spiro atoms. The summed E-state index contributed by atoms with van der Waals surface area (Å²) in [5.74, 6) is 0. The molecule has 0 N–H and O–H groups in total. The topological polar surface area (TPSA) is 105 Å². The van der Waals surface area contributed by atoms with E-state index >= 15 is 0 Å². The van der Waals surface area contributed by atoms with Crippen molar-refractivity contribution in [3.8, 4) is 0 Å². The Morgan fingerprint density at radius 2 is 1.71 bits per heavy atom. The molecule has 0 aromatic heterocycles. The van der Waals surface area contributed by atoms with Crippen molar-refractivity contribution in [3.63, 3.8) is 0 Å². The number of amidine groups is 1. The maximum absolute atomic E-state index is 12.4. The Morgan fingerprint density at radius 1 is 1.21 bits per heavy atom. The van der Waals surface area contributed by atoms with E-state index in [0.29, 0.717) is 17.7 Å². The zero-order chi connectivity index (χ0) is 11.2. The normalized spacial score (nSPS) is 27.9. The Hall–Kier alpha value is -0.373. The van der Waals surface area contributed by atoms with Gasteiger partial charge in [-0.15, -0.1) is 0 Å². The third-order valence-corrected chi connectivity index (χ3v) is 3.01. The van der Waals surface area contributed by atoms with Crippen LogP contribution in [0.15, 0.2) is 15.2 Å². The monoisotopic (exact) mass is 239 g/mol. The van der Waals surface area contributed by atoms with Crippen molar-refractivity contribution in [3.05, 3.63) is 0 Å². The molecule has 74 valence electrons. The molecule has 1 heterocycles. The van der Waals surface area contributed by atoms with Crippen LogP contribution in [0.25, 0.3) is 0 Å². The first-order valence-electron chi connectivity index (χ1n) is 2.98. The van der Waals surface area contributed by atoms with Gasteiger partial charge in [-0.2, -0.15) is 0 Å². The summed E-state index contributed by atoms with van der Waals surface area (Å²) in [6, 6.07) is 0. The molecule has 1 atom stereocenters. The Bertz CT molecular complexity index is 523. The number of hydrogen-bond acceptors (Lipinski definition) is 7. The van der Waals surface area contributed by atoms with Crippen molar-refractivity contribution >= 4 is 43.3 Å². The molecule has 12 heteroatoms. The van der Waals surface area contributed by atoms with Gasteiger partial charge in [-0.1, -0.05) is 0 Å². The van der Waals surface area contributed by atoms with Crippen LogP contribution in [0, 0.1) is 0 Å². The van der Waals surface area contributed by atoms with E-state index in [1.165, 1.54) is 0 Å². The summed E-state index contributed by atoms with van der Waals surface area (Å²) >= 11 is 0.643. The van der Waals surface area contributed by atoms with E-state index in [0.717, 1.165) is 0 Å². The number of halogens is 2. The molecule has 0 bridgehead atoms. The summed E-state index contributed by atoms with van der Waals surface area (Å²) in [5.41, 5.74) is 0. The fourth-order valence-corrected chi connectivity index (χ4v) is 1.38. The SMILES string of the molecule is [Li][C]1(S(=O)(=O)F)N=NC(S(=O)(=O)F)=N1. The van der Waals surface area contributed by atoms with E-state index in [2.05, 4.69) is 15.2 Å². The van der Waals surface area contributed by atoms with Crippen molar-refractivity contribution in [2.24, 2.45) is 15.2 Å². The molecular formula is C2F2LiN3O4S2. The Labute approximate surface area is 86.9 Å². The molecule has 1 aliphatic heterocycles. The number of rotatable bonds is 1. The van der Waals surface area contributed by atoms with Crippen LogP contribution in [0.1, 0.15) is 0 Å². The molecule has 0 saturated heterocycles. The van der Waals surface area contributed by atoms with Gasteiger partial charge in [-0.3, -0.25) is 0 Å². The molecule has 0 saturated carbocycles. The maximum atomic E-state index is 12.4. The van der Waals surface area contributed by atoms with Crippen molar-refractivity contribution in [1.29, 1.82) is 0 Å². The van der Waals surface area contributed by atoms with Gasteiger partial charge in [0.15, 0.2) is 0 Å². The first-order valence-corrected chi connectivity index (χ1v) is 5.74. The average Bonchev–Trinajstić information content (AvgIpc) is 2.29. The quantitative estimate of drug-likeness (QED) is 0.440. The van der Waals surface area contributed by atoms with Crippen molar-refractivity contribution in [1.82, 2.24) is 0 Å². The van der Waals surface area contributed by atoms with E-state index in [-0.39, 0.29) is 0 Å². The fourth-order valence-electron chi connectivity index (χ4n) is 0.564. The number of hydrogen-bond donors (Lipinski definition) is 0. The van der Waals surface area contributed by atoms with Gasteiger partial charge >= 0.3 is 86.8 Å². The van der Waals surface area contributed by atoms with Crippen LogP contribution in [-0.2, 0) is 20.4 Å².